The number of thiazole rings is 1. The number of amidine groups is 1. The van der Waals surface area contributed by atoms with Crippen molar-refractivity contribution in [1.29, 1.82) is 5.41 Å². The number of anilines is 1. The summed E-state index contributed by atoms with van der Waals surface area (Å²) < 4.78 is 1.59. The number of aryl methyl sites for hydroxylation is 1. The number of carbonyl (C=O) groups is 3. The lowest BCUT2D eigenvalue weighted by molar-refractivity contribution is -0.150. The number of hydrogen-bond donors (Lipinski definition) is 5. The van der Waals surface area contributed by atoms with Crippen LogP contribution in [-0.4, -0.2) is 106 Å². The standard InChI is InChI=1S/C19H23N11O5S4/c1-35-26-11(9-6-38-18(22)23-9)14(31)24-12-15(32)30-13(17(33)34)8(4-37-16(12)30)5-39-19-25-27-28-29(19)2-3-36-7-10(20)21/h6,12,16H,2-5,7H2,1H3,(H3,20,21)(H2,22,23)(H,24,31)(H,33,34)/b26-11-/t12-,16+/m1/s1. The maximum absolute atomic E-state index is 13.0. The average Bonchev–Trinajstić information content (AvgIpc) is 3.54. The number of aromatic nitrogens is 5. The van der Waals surface area contributed by atoms with Gasteiger partial charge in [-0.3, -0.25) is 19.9 Å². The number of carboxylic acids is 1. The normalized spacial score (nSPS) is 18.9. The van der Waals surface area contributed by atoms with Gasteiger partial charge in [0.25, 0.3) is 11.8 Å². The smallest absolute Gasteiger partial charge is 0.352 e. The summed E-state index contributed by atoms with van der Waals surface area (Å²) in [5.74, 6) is -0.786. The number of amides is 2. The molecular weight excluding hydrogens is 591 g/mol. The summed E-state index contributed by atoms with van der Waals surface area (Å²) in [5.41, 5.74) is 11.5. The highest BCUT2D eigenvalue weighted by molar-refractivity contribution is 8.01. The van der Waals surface area contributed by atoms with E-state index in [2.05, 4.69) is 31.0 Å². The largest absolute Gasteiger partial charge is 0.477 e. The number of nitrogen functional groups attached to an aromatic ring is 1. The molecule has 4 heterocycles. The third-order valence-electron chi connectivity index (χ3n) is 5.28. The van der Waals surface area contributed by atoms with E-state index in [1.54, 1.807) is 4.68 Å². The summed E-state index contributed by atoms with van der Waals surface area (Å²) in [6, 6.07) is -0.955. The van der Waals surface area contributed by atoms with E-state index in [0.717, 1.165) is 11.3 Å². The quantitative estimate of drug-likeness (QED) is 0.0467. The first-order valence-corrected chi connectivity index (χ1v) is 15.1. The average molecular weight is 614 g/mol. The zero-order valence-electron chi connectivity index (χ0n) is 20.3. The van der Waals surface area contributed by atoms with Gasteiger partial charge in [-0.15, -0.1) is 28.2 Å². The number of nitrogens with zero attached hydrogens (tertiary/aromatic N) is 7. The predicted octanol–water partition coefficient (Wildman–Crippen LogP) is -0.738. The fourth-order valence-electron chi connectivity index (χ4n) is 3.62. The highest BCUT2D eigenvalue weighted by Gasteiger charge is 2.54. The van der Waals surface area contributed by atoms with Crippen molar-refractivity contribution in [2.24, 2.45) is 10.9 Å². The Kier molecular flexibility index (Phi) is 9.30. The topological polar surface area (TPSA) is 241 Å². The number of hydrogen-bond acceptors (Lipinski definition) is 15. The third kappa shape index (κ3) is 6.45. The molecule has 2 atom stereocenters. The molecule has 0 spiro atoms. The molecule has 2 amide bonds. The van der Waals surface area contributed by atoms with Gasteiger partial charge in [-0.2, -0.15) is 11.8 Å². The van der Waals surface area contributed by atoms with E-state index >= 15 is 0 Å². The molecule has 2 aliphatic rings. The van der Waals surface area contributed by atoms with Crippen LogP contribution in [0.3, 0.4) is 0 Å². The fraction of sp³-hybridized carbons (Fsp3) is 0.421. The minimum atomic E-state index is -1.24. The lowest BCUT2D eigenvalue weighted by Gasteiger charge is -2.49. The van der Waals surface area contributed by atoms with Crippen LogP contribution in [0.4, 0.5) is 5.13 Å². The number of oxime groups is 1. The van der Waals surface area contributed by atoms with Crippen LogP contribution in [-0.2, 0) is 25.8 Å². The Morgan fingerprint density at radius 2 is 2.23 bits per heavy atom. The molecule has 20 heteroatoms. The molecule has 0 bridgehead atoms. The van der Waals surface area contributed by atoms with Crippen molar-refractivity contribution in [2.45, 2.75) is 23.1 Å². The summed E-state index contributed by atoms with van der Waals surface area (Å²) in [6.45, 7) is 0.489. The van der Waals surface area contributed by atoms with E-state index in [4.69, 9.17) is 21.7 Å². The van der Waals surface area contributed by atoms with Crippen molar-refractivity contribution in [2.75, 3.05) is 35.9 Å². The van der Waals surface area contributed by atoms with Gasteiger partial charge in [0.2, 0.25) is 5.16 Å². The maximum Gasteiger partial charge on any atom is 0.352 e. The number of β-lactam (4-membered cyclic amide) rings is 1. The Labute approximate surface area is 237 Å². The van der Waals surface area contributed by atoms with Gasteiger partial charge >= 0.3 is 5.97 Å². The molecule has 16 nitrogen and oxygen atoms in total. The molecule has 1 fully saturated rings. The van der Waals surface area contributed by atoms with Crippen LogP contribution in [0.5, 0.6) is 0 Å². The van der Waals surface area contributed by atoms with Crippen LogP contribution in [0.25, 0.3) is 0 Å². The number of rotatable bonds is 13. The molecule has 0 unspecified atom stereocenters. The van der Waals surface area contributed by atoms with Crippen LogP contribution in [0, 0.1) is 5.41 Å². The third-order valence-corrected chi connectivity index (χ3v) is 9.32. The van der Waals surface area contributed by atoms with Crippen molar-refractivity contribution in [3.63, 3.8) is 0 Å². The Hall–Kier alpha value is -3.36. The first kappa shape index (κ1) is 28.6. The van der Waals surface area contributed by atoms with E-state index in [1.165, 1.54) is 52.7 Å². The Morgan fingerprint density at radius 1 is 1.44 bits per heavy atom. The van der Waals surface area contributed by atoms with Gasteiger partial charge in [-0.25, -0.2) is 14.5 Å². The molecule has 2 aromatic rings. The first-order chi connectivity index (χ1) is 18.7. The van der Waals surface area contributed by atoms with Crippen LogP contribution in [0.15, 0.2) is 27.0 Å². The monoisotopic (exact) mass is 613 g/mol. The molecule has 1 saturated heterocycles. The number of thioether (sulfide) groups is 3. The molecule has 0 aromatic carbocycles. The lowest BCUT2D eigenvalue weighted by atomic mass is 10.0. The number of tetrazole rings is 1. The minimum absolute atomic E-state index is 0.0862. The summed E-state index contributed by atoms with van der Waals surface area (Å²) >= 11 is 5.19. The van der Waals surface area contributed by atoms with E-state index in [1.807, 2.05) is 0 Å². The summed E-state index contributed by atoms with van der Waals surface area (Å²) in [4.78, 5) is 48.1. The van der Waals surface area contributed by atoms with E-state index in [9.17, 15) is 19.5 Å². The number of aliphatic carboxylic acids is 1. The zero-order chi connectivity index (χ0) is 28.1. The van der Waals surface area contributed by atoms with Crippen molar-refractivity contribution < 1.29 is 24.3 Å². The van der Waals surface area contributed by atoms with E-state index < -0.39 is 29.2 Å². The van der Waals surface area contributed by atoms with Gasteiger partial charge in [0.15, 0.2) is 10.8 Å². The van der Waals surface area contributed by atoms with Gasteiger partial charge in [0.05, 0.1) is 12.3 Å². The SMILES string of the molecule is CO/N=C(\C(=O)N[C@@H]1C(=O)N2C(C(=O)O)=C(CSc3nnnn3CCSCC(=N)N)CS[C@@H]12)c1csc(N)n1. The Bertz CT molecular complexity index is 1340. The number of carbonyl (C=O) groups excluding carboxylic acids is 2. The van der Waals surface area contributed by atoms with Crippen LogP contribution in [0.1, 0.15) is 5.69 Å². The highest BCUT2D eigenvalue weighted by atomic mass is 32.2. The fourth-order valence-corrected chi connectivity index (χ4v) is 7.22. The zero-order valence-corrected chi connectivity index (χ0v) is 23.5. The van der Waals surface area contributed by atoms with E-state index in [0.29, 0.717) is 34.5 Å². The number of nitrogens with two attached hydrogens (primary N) is 2. The van der Waals surface area contributed by atoms with Crippen molar-refractivity contribution in [3.05, 3.63) is 22.3 Å². The number of fused-ring (bicyclic) bond motifs is 1. The lowest BCUT2D eigenvalue weighted by Crippen LogP contribution is -2.71. The molecule has 0 radical (unpaired) electrons. The second kappa shape index (κ2) is 12.7. The summed E-state index contributed by atoms with van der Waals surface area (Å²) in [6.07, 6.45) is 0. The van der Waals surface area contributed by atoms with Gasteiger partial charge in [-0.05, 0) is 16.0 Å². The molecular formula is C19H23N11O5S4. The van der Waals surface area contributed by atoms with Gasteiger partial charge < -0.3 is 26.7 Å². The molecule has 0 saturated carbocycles. The number of carboxylic acid groups (broad SMARTS) is 1. The molecule has 2 aliphatic heterocycles. The van der Waals surface area contributed by atoms with E-state index in [-0.39, 0.29) is 33.8 Å². The molecule has 4 rings (SSSR count). The molecule has 39 heavy (non-hydrogen) atoms. The second-order valence-electron chi connectivity index (χ2n) is 7.86. The minimum Gasteiger partial charge on any atom is -0.477 e. The van der Waals surface area contributed by atoms with Crippen LogP contribution < -0.4 is 16.8 Å². The Morgan fingerprint density at radius 3 is 2.90 bits per heavy atom. The van der Waals surface area contributed by atoms with Crippen molar-refractivity contribution >= 4 is 81.1 Å². The molecule has 7 N–H and O–H groups in total. The predicted molar refractivity (Wildman–Crippen MR) is 148 cm³/mol. The maximum atomic E-state index is 13.0. The van der Waals surface area contributed by atoms with Gasteiger partial charge in [-0.1, -0.05) is 16.9 Å². The summed E-state index contributed by atoms with van der Waals surface area (Å²) in [7, 11) is 1.27. The van der Waals surface area contributed by atoms with Gasteiger partial charge in [0, 0.05) is 22.6 Å². The van der Waals surface area contributed by atoms with Crippen LogP contribution >= 0.6 is 46.6 Å². The molecule has 2 aromatic heterocycles. The molecule has 0 aliphatic carbocycles. The highest BCUT2D eigenvalue weighted by Crippen LogP contribution is 2.41. The van der Waals surface area contributed by atoms with Crippen molar-refractivity contribution in [1.82, 2.24) is 35.4 Å². The first-order valence-electron chi connectivity index (χ1n) is 11.0. The van der Waals surface area contributed by atoms with Crippen molar-refractivity contribution in [3.8, 4) is 0 Å². The second-order valence-corrected chi connectivity index (χ2v) is 11.9. The van der Waals surface area contributed by atoms with Crippen LogP contribution in [0.2, 0.25) is 0 Å². The Balaban J connectivity index is 1.42. The summed E-state index contributed by atoms with van der Waals surface area (Å²) in [5, 5.41) is 36.8. The molecule has 208 valence electrons. The number of nitrogens with one attached hydrogen (secondary N) is 2. The van der Waals surface area contributed by atoms with Gasteiger partial charge in [0.1, 0.15) is 35.8 Å².